The third kappa shape index (κ3) is 4.36. The summed E-state index contributed by atoms with van der Waals surface area (Å²) in [6.07, 6.45) is 0. The fraction of sp³-hybridized carbons (Fsp3) is 0.462. The lowest BCUT2D eigenvalue weighted by atomic mass is 10.2. The normalized spacial score (nSPS) is 18.6. The van der Waals surface area contributed by atoms with E-state index in [2.05, 4.69) is 5.32 Å². The van der Waals surface area contributed by atoms with Crippen LogP contribution in [0, 0.1) is 5.82 Å². The Labute approximate surface area is 118 Å². The lowest BCUT2D eigenvalue weighted by Gasteiger charge is -2.33. The molecular weight excluding hydrogens is 271 g/mol. The highest BCUT2D eigenvalue weighted by Gasteiger charge is 2.22. The zero-order chi connectivity index (χ0) is 13.0. The summed E-state index contributed by atoms with van der Waals surface area (Å²) < 4.78 is 18.2. The van der Waals surface area contributed by atoms with Crippen molar-refractivity contribution >= 4 is 18.3 Å². The molecule has 4 nitrogen and oxygen atoms in total. The number of halogens is 2. The Bertz CT molecular complexity index is 431. The first-order valence-corrected chi connectivity index (χ1v) is 6.05. The van der Waals surface area contributed by atoms with Crippen molar-refractivity contribution in [2.45, 2.75) is 13.0 Å². The fourth-order valence-electron chi connectivity index (χ4n) is 2.00. The highest BCUT2D eigenvalue weighted by atomic mass is 35.5. The summed E-state index contributed by atoms with van der Waals surface area (Å²) in [5.41, 5.74) is 0. The summed E-state index contributed by atoms with van der Waals surface area (Å²) in [7, 11) is 0. The first kappa shape index (κ1) is 15.7. The molecule has 0 unspecified atom stereocenters. The van der Waals surface area contributed by atoms with E-state index in [1.165, 1.54) is 12.1 Å². The highest BCUT2D eigenvalue weighted by molar-refractivity contribution is 5.85. The maximum absolute atomic E-state index is 12.9. The second kappa shape index (κ2) is 7.31. The number of carbonyl (C=O) groups is 1. The van der Waals surface area contributed by atoms with Gasteiger partial charge in [0.25, 0.3) is 5.91 Å². The molecular formula is C13H18ClFN2O2. The average Bonchev–Trinajstić information content (AvgIpc) is 2.37. The van der Waals surface area contributed by atoms with Crippen molar-refractivity contribution in [1.29, 1.82) is 0 Å². The Morgan fingerprint density at radius 1 is 1.58 bits per heavy atom. The summed E-state index contributed by atoms with van der Waals surface area (Å²) in [6.45, 7) is 4.23. The Hall–Kier alpha value is -1.33. The number of benzene rings is 1. The molecule has 19 heavy (non-hydrogen) atoms. The molecule has 1 saturated heterocycles. The van der Waals surface area contributed by atoms with Gasteiger partial charge in [-0.15, -0.1) is 12.4 Å². The lowest BCUT2D eigenvalue weighted by Crippen LogP contribution is -2.53. The van der Waals surface area contributed by atoms with E-state index < -0.39 is 0 Å². The number of nitrogens with zero attached hydrogens (tertiary/aromatic N) is 1. The van der Waals surface area contributed by atoms with Crippen molar-refractivity contribution < 1.29 is 13.9 Å². The minimum absolute atomic E-state index is 0. The average molecular weight is 289 g/mol. The van der Waals surface area contributed by atoms with Gasteiger partial charge < -0.3 is 15.0 Å². The van der Waals surface area contributed by atoms with Gasteiger partial charge in [-0.05, 0) is 19.1 Å². The van der Waals surface area contributed by atoms with Gasteiger partial charge in [0, 0.05) is 31.7 Å². The maximum atomic E-state index is 12.9. The van der Waals surface area contributed by atoms with Gasteiger partial charge in [-0.25, -0.2) is 4.39 Å². The standard InChI is InChI=1S/C13H17FN2O2.ClH/c1-10-8-15-5-6-16(10)13(17)9-18-12-4-2-3-11(14)7-12;/h2-4,7,10,15H,5-6,8-9H2,1H3;1H/t10-;/m1./s1. The van der Waals surface area contributed by atoms with Crippen molar-refractivity contribution in [2.24, 2.45) is 0 Å². The van der Waals surface area contributed by atoms with Crippen LogP contribution < -0.4 is 10.1 Å². The third-order valence-electron chi connectivity index (χ3n) is 2.98. The summed E-state index contributed by atoms with van der Waals surface area (Å²) in [6, 6.07) is 5.98. The van der Waals surface area contributed by atoms with Gasteiger partial charge in [-0.2, -0.15) is 0 Å². The molecule has 1 amide bonds. The van der Waals surface area contributed by atoms with Gasteiger partial charge in [-0.1, -0.05) is 6.07 Å². The molecule has 0 aliphatic carbocycles. The minimum Gasteiger partial charge on any atom is -0.484 e. The number of rotatable bonds is 3. The van der Waals surface area contributed by atoms with Gasteiger partial charge in [-0.3, -0.25) is 4.79 Å². The Morgan fingerprint density at radius 3 is 3.05 bits per heavy atom. The monoisotopic (exact) mass is 288 g/mol. The van der Waals surface area contributed by atoms with E-state index in [9.17, 15) is 9.18 Å². The molecule has 0 spiro atoms. The van der Waals surface area contributed by atoms with Crippen LogP contribution in [0.4, 0.5) is 4.39 Å². The van der Waals surface area contributed by atoms with Crippen LogP contribution in [0.25, 0.3) is 0 Å². The zero-order valence-corrected chi connectivity index (χ0v) is 11.6. The summed E-state index contributed by atoms with van der Waals surface area (Å²) >= 11 is 0. The quantitative estimate of drug-likeness (QED) is 0.915. The molecule has 1 aliphatic rings. The molecule has 1 N–H and O–H groups in total. The Balaban J connectivity index is 0.00000180. The van der Waals surface area contributed by atoms with E-state index >= 15 is 0 Å². The van der Waals surface area contributed by atoms with Gasteiger partial charge in [0.15, 0.2) is 6.61 Å². The number of carbonyl (C=O) groups excluding carboxylic acids is 1. The first-order chi connectivity index (χ1) is 8.66. The van der Waals surface area contributed by atoms with E-state index in [4.69, 9.17) is 4.74 Å². The maximum Gasteiger partial charge on any atom is 0.260 e. The molecule has 1 aromatic carbocycles. The van der Waals surface area contributed by atoms with E-state index in [1.54, 1.807) is 17.0 Å². The zero-order valence-electron chi connectivity index (χ0n) is 10.8. The van der Waals surface area contributed by atoms with E-state index in [0.717, 1.165) is 13.1 Å². The molecule has 106 valence electrons. The molecule has 1 atom stereocenters. The predicted octanol–water partition coefficient (Wildman–Crippen LogP) is 1.45. The molecule has 0 saturated carbocycles. The topological polar surface area (TPSA) is 41.6 Å². The van der Waals surface area contributed by atoms with Crippen LogP contribution in [0.1, 0.15) is 6.92 Å². The van der Waals surface area contributed by atoms with E-state index in [0.29, 0.717) is 12.3 Å². The lowest BCUT2D eigenvalue weighted by molar-refractivity contribution is -0.136. The van der Waals surface area contributed by atoms with Crippen LogP contribution in [0.3, 0.4) is 0 Å². The minimum atomic E-state index is -0.365. The van der Waals surface area contributed by atoms with Crippen LogP contribution in [0.5, 0.6) is 5.75 Å². The number of hydrogen-bond acceptors (Lipinski definition) is 3. The van der Waals surface area contributed by atoms with Crippen LogP contribution in [-0.2, 0) is 4.79 Å². The number of amides is 1. The van der Waals surface area contributed by atoms with Crippen molar-refractivity contribution in [3.8, 4) is 5.75 Å². The third-order valence-corrected chi connectivity index (χ3v) is 2.98. The molecule has 1 heterocycles. The molecule has 0 aromatic heterocycles. The van der Waals surface area contributed by atoms with Crippen molar-refractivity contribution in [3.05, 3.63) is 30.1 Å². The second-order valence-electron chi connectivity index (χ2n) is 4.39. The van der Waals surface area contributed by atoms with Gasteiger partial charge >= 0.3 is 0 Å². The van der Waals surface area contributed by atoms with E-state index in [-0.39, 0.29) is 36.8 Å². The highest BCUT2D eigenvalue weighted by Crippen LogP contribution is 2.12. The number of hydrogen-bond donors (Lipinski definition) is 1. The van der Waals surface area contributed by atoms with Crippen LogP contribution in [0.2, 0.25) is 0 Å². The van der Waals surface area contributed by atoms with Crippen LogP contribution in [0.15, 0.2) is 24.3 Å². The predicted molar refractivity (Wildman–Crippen MR) is 73.2 cm³/mol. The molecule has 0 bridgehead atoms. The van der Waals surface area contributed by atoms with E-state index in [1.807, 2.05) is 6.92 Å². The Morgan fingerprint density at radius 2 is 2.37 bits per heavy atom. The van der Waals surface area contributed by atoms with Crippen LogP contribution >= 0.6 is 12.4 Å². The smallest absolute Gasteiger partial charge is 0.260 e. The van der Waals surface area contributed by atoms with Gasteiger partial charge in [0.1, 0.15) is 11.6 Å². The van der Waals surface area contributed by atoms with Crippen molar-refractivity contribution in [1.82, 2.24) is 10.2 Å². The molecule has 0 radical (unpaired) electrons. The van der Waals surface area contributed by atoms with Crippen molar-refractivity contribution in [2.75, 3.05) is 26.2 Å². The largest absolute Gasteiger partial charge is 0.484 e. The number of piperazine rings is 1. The fourth-order valence-corrected chi connectivity index (χ4v) is 2.00. The first-order valence-electron chi connectivity index (χ1n) is 6.05. The molecule has 2 rings (SSSR count). The SMILES string of the molecule is C[C@@H]1CNCCN1C(=O)COc1cccc(F)c1.Cl. The summed E-state index contributed by atoms with van der Waals surface area (Å²) in [5, 5.41) is 3.22. The van der Waals surface area contributed by atoms with Crippen molar-refractivity contribution in [3.63, 3.8) is 0 Å². The summed E-state index contributed by atoms with van der Waals surface area (Å²) in [4.78, 5) is 13.7. The number of ether oxygens (including phenoxy) is 1. The molecule has 1 aliphatic heterocycles. The van der Waals surface area contributed by atoms with Gasteiger partial charge in [0.2, 0.25) is 0 Å². The molecule has 1 aromatic rings. The van der Waals surface area contributed by atoms with Gasteiger partial charge in [0.05, 0.1) is 0 Å². The number of nitrogens with one attached hydrogen (secondary N) is 1. The second-order valence-corrected chi connectivity index (χ2v) is 4.39. The molecule has 6 heteroatoms. The molecule has 1 fully saturated rings. The summed E-state index contributed by atoms with van der Waals surface area (Å²) in [5.74, 6) is -0.0464. The van der Waals surface area contributed by atoms with Crippen LogP contribution in [-0.4, -0.2) is 43.1 Å². The Kier molecular flexibility index (Phi) is 6.05.